The molecule has 1 saturated heterocycles. The number of urea groups is 1. The van der Waals surface area contributed by atoms with Crippen molar-refractivity contribution in [1.82, 2.24) is 10.2 Å². The highest BCUT2D eigenvalue weighted by Crippen LogP contribution is 2.35. The van der Waals surface area contributed by atoms with Crippen LogP contribution in [0.1, 0.15) is 16.7 Å². The Morgan fingerprint density at radius 1 is 1.00 bits per heavy atom. The van der Waals surface area contributed by atoms with Gasteiger partial charge >= 0.3 is 6.03 Å². The zero-order valence-corrected chi connectivity index (χ0v) is 20.1. The van der Waals surface area contributed by atoms with Gasteiger partial charge in [0.15, 0.2) is 11.5 Å². The third-order valence-corrected chi connectivity index (χ3v) is 5.94. The smallest absolute Gasteiger partial charge is 0.329 e. The molecule has 1 heterocycles. The van der Waals surface area contributed by atoms with Gasteiger partial charge < -0.3 is 14.8 Å². The van der Waals surface area contributed by atoms with Crippen LogP contribution in [0.15, 0.2) is 66.4 Å². The number of benzene rings is 3. The van der Waals surface area contributed by atoms with Crippen molar-refractivity contribution < 1.29 is 27.8 Å². The molecule has 0 aromatic heterocycles. The summed E-state index contributed by atoms with van der Waals surface area (Å²) < 4.78 is 39.8. The molecule has 6 nitrogen and oxygen atoms in total. The van der Waals surface area contributed by atoms with E-state index in [0.717, 1.165) is 4.90 Å². The SMILES string of the molecule is COc1cc(/C=C2/NC(=O)N(Cc3ccccc3F)C2=O)cc(I)c1OCc1ccccc1F. The highest BCUT2D eigenvalue weighted by atomic mass is 127. The molecule has 9 heteroatoms. The van der Waals surface area contributed by atoms with Crippen LogP contribution in [0.2, 0.25) is 0 Å². The van der Waals surface area contributed by atoms with E-state index in [1.807, 2.05) is 0 Å². The number of rotatable bonds is 7. The van der Waals surface area contributed by atoms with E-state index in [9.17, 15) is 18.4 Å². The van der Waals surface area contributed by atoms with E-state index in [-0.39, 0.29) is 30.2 Å². The summed E-state index contributed by atoms with van der Waals surface area (Å²) in [6, 6.07) is 15.0. The molecular weight excluding hydrogens is 557 g/mol. The first-order valence-corrected chi connectivity index (χ1v) is 11.3. The number of carbonyl (C=O) groups is 2. The van der Waals surface area contributed by atoms with Gasteiger partial charge in [-0.1, -0.05) is 36.4 Å². The number of nitrogens with one attached hydrogen (secondary N) is 1. The maximum atomic E-state index is 14.0. The van der Waals surface area contributed by atoms with Gasteiger partial charge in [0.25, 0.3) is 5.91 Å². The molecule has 3 aromatic rings. The summed E-state index contributed by atoms with van der Waals surface area (Å²) in [4.78, 5) is 26.1. The van der Waals surface area contributed by atoms with E-state index in [0.29, 0.717) is 26.2 Å². The van der Waals surface area contributed by atoms with Gasteiger partial charge in [-0.15, -0.1) is 0 Å². The molecule has 0 unspecified atom stereocenters. The Labute approximate surface area is 208 Å². The third kappa shape index (κ3) is 5.04. The predicted octanol–water partition coefficient (Wildman–Crippen LogP) is 5.25. The molecule has 3 amide bonds. The molecule has 3 aromatic carbocycles. The Balaban J connectivity index is 1.55. The maximum Gasteiger partial charge on any atom is 0.329 e. The number of hydrogen-bond donors (Lipinski definition) is 1. The van der Waals surface area contributed by atoms with Gasteiger partial charge in [0.1, 0.15) is 23.9 Å². The lowest BCUT2D eigenvalue weighted by molar-refractivity contribution is -0.123. The van der Waals surface area contributed by atoms with Crippen molar-refractivity contribution in [3.8, 4) is 11.5 Å². The second kappa shape index (κ2) is 10.2. The minimum atomic E-state index is -0.633. The van der Waals surface area contributed by atoms with Crippen LogP contribution in [0, 0.1) is 15.2 Å². The Morgan fingerprint density at radius 3 is 2.29 bits per heavy atom. The average molecular weight is 576 g/mol. The van der Waals surface area contributed by atoms with Crippen molar-refractivity contribution in [2.75, 3.05) is 7.11 Å². The molecule has 34 heavy (non-hydrogen) atoms. The molecule has 1 aliphatic heterocycles. The van der Waals surface area contributed by atoms with Gasteiger partial charge in [-0.25, -0.2) is 13.6 Å². The average Bonchev–Trinajstić information content (AvgIpc) is 3.07. The second-order valence-electron chi connectivity index (χ2n) is 7.39. The fourth-order valence-corrected chi connectivity index (χ4v) is 4.19. The van der Waals surface area contributed by atoms with E-state index in [1.54, 1.807) is 36.4 Å². The molecule has 0 spiro atoms. The molecule has 1 aliphatic rings. The van der Waals surface area contributed by atoms with Crippen molar-refractivity contribution in [3.63, 3.8) is 0 Å². The van der Waals surface area contributed by atoms with Crippen molar-refractivity contribution in [2.24, 2.45) is 0 Å². The molecule has 0 radical (unpaired) electrons. The summed E-state index contributed by atoms with van der Waals surface area (Å²) in [5, 5.41) is 2.53. The summed E-state index contributed by atoms with van der Waals surface area (Å²) in [6.07, 6.45) is 1.51. The van der Waals surface area contributed by atoms with Gasteiger partial charge in [-0.05, 0) is 58.5 Å². The number of hydrogen-bond acceptors (Lipinski definition) is 4. The Bertz CT molecular complexity index is 1300. The molecule has 0 aliphatic carbocycles. The maximum absolute atomic E-state index is 14.0. The standard InChI is InChI=1S/C25H19F2IN2O4/c1-33-22-12-15(10-20(28)23(22)34-14-17-7-3-5-9-19(17)27)11-21-24(31)30(25(32)29-21)13-16-6-2-4-8-18(16)26/h2-12H,13-14H2,1H3,(H,29,32)/b21-11+. The molecule has 4 rings (SSSR count). The first-order valence-electron chi connectivity index (χ1n) is 10.2. The molecule has 174 valence electrons. The van der Waals surface area contributed by atoms with E-state index in [2.05, 4.69) is 27.9 Å². The van der Waals surface area contributed by atoms with Crippen LogP contribution in [0.3, 0.4) is 0 Å². The number of methoxy groups -OCH3 is 1. The Morgan fingerprint density at radius 2 is 1.65 bits per heavy atom. The number of halogens is 3. The van der Waals surface area contributed by atoms with E-state index in [4.69, 9.17) is 9.47 Å². The normalized spacial score (nSPS) is 14.5. The van der Waals surface area contributed by atoms with Crippen LogP contribution in [0.4, 0.5) is 13.6 Å². The highest BCUT2D eigenvalue weighted by molar-refractivity contribution is 14.1. The second-order valence-corrected chi connectivity index (χ2v) is 8.55. The number of imide groups is 1. The molecular formula is C25H19F2IN2O4. The van der Waals surface area contributed by atoms with Gasteiger partial charge in [0, 0.05) is 11.1 Å². The topological polar surface area (TPSA) is 67.9 Å². The highest BCUT2D eigenvalue weighted by Gasteiger charge is 2.34. The van der Waals surface area contributed by atoms with Gasteiger partial charge in [0.05, 0.1) is 17.2 Å². The number of nitrogens with zero attached hydrogens (tertiary/aromatic N) is 1. The van der Waals surface area contributed by atoms with Crippen molar-refractivity contribution >= 4 is 40.6 Å². The lowest BCUT2D eigenvalue weighted by Gasteiger charge is -2.14. The summed E-state index contributed by atoms with van der Waals surface area (Å²) in [7, 11) is 1.47. The summed E-state index contributed by atoms with van der Waals surface area (Å²) in [5.74, 6) is -0.618. The van der Waals surface area contributed by atoms with Crippen LogP contribution in [0.5, 0.6) is 11.5 Å². The number of carbonyl (C=O) groups excluding carboxylic acids is 2. The van der Waals surface area contributed by atoms with Crippen LogP contribution < -0.4 is 14.8 Å². The number of amides is 3. The summed E-state index contributed by atoms with van der Waals surface area (Å²) in [5.41, 5.74) is 1.27. The zero-order valence-electron chi connectivity index (χ0n) is 18.0. The summed E-state index contributed by atoms with van der Waals surface area (Å²) in [6.45, 7) is -0.169. The van der Waals surface area contributed by atoms with Gasteiger partial charge in [-0.3, -0.25) is 9.69 Å². The molecule has 1 fully saturated rings. The Kier molecular flexibility index (Phi) is 7.11. The minimum absolute atomic E-state index is 0.0129. The molecule has 1 N–H and O–H groups in total. The van der Waals surface area contributed by atoms with E-state index < -0.39 is 17.8 Å². The molecule has 0 atom stereocenters. The van der Waals surface area contributed by atoms with Crippen LogP contribution in [-0.4, -0.2) is 23.9 Å². The van der Waals surface area contributed by atoms with Gasteiger partial charge in [0.2, 0.25) is 0 Å². The van der Waals surface area contributed by atoms with Gasteiger partial charge in [-0.2, -0.15) is 0 Å². The fourth-order valence-electron chi connectivity index (χ4n) is 3.41. The summed E-state index contributed by atoms with van der Waals surface area (Å²) >= 11 is 2.05. The molecule has 0 bridgehead atoms. The largest absolute Gasteiger partial charge is 0.493 e. The first-order chi connectivity index (χ1) is 16.4. The number of ether oxygens (including phenoxy) is 2. The van der Waals surface area contributed by atoms with Crippen molar-refractivity contribution in [2.45, 2.75) is 13.2 Å². The van der Waals surface area contributed by atoms with Crippen LogP contribution in [0.25, 0.3) is 6.08 Å². The van der Waals surface area contributed by atoms with E-state index in [1.165, 1.54) is 37.5 Å². The quantitative estimate of drug-likeness (QED) is 0.237. The molecule has 0 saturated carbocycles. The lowest BCUT2D eigenvalue weighted by Crippen LogP contribution is -2.30. The first kappa shape index (κ1) is 23.7. The monoisotopic (exact) mass is 576 g/mol. The zero-order chi connectivity index (χ0) is 24.2. The third-order valence-electron chi connectivity index (χ3n) is 5.14. The van der Waals surface area contributed by atoms with Crippen molar-refractivity contribution in [1.29, 1.82) is 0 Å². The minimum Gasteiger partial charge on any atom is -0.493 e. The van der Waals surface area contributed by atoms with E-state index >= 15 is 0 Å². The fraction of sp³-hybridized carbons (Fsp3) is 0.120. The predicted molar refractivity (Wildman–Crippen MR) is 130 cm³/mol. The lowest BCUT2D eigenvalue weighted by atomic mass is 10.1. The van der Waals surface area contributed by atoms with Crippen LogP contribution >= 0.6 is 22.6 Å². The van der Waals surface area contributed by atoms with Crippen LogP contribution in [-0.2, 0) is 17.9 Å². The Hall–Kier alpha value is -3.47. The van der Waals surface area contributed by atoms with Crippen molar-refractivity contribution in [3.05, 3.63) is 98.3 Å².